The third kappa shape index (κ3) is 3.61. The van der Waals surface area contributed by atoms with Crippen molar-refractivity contribution in [3.63, 3.8) is 0 Å². The van der Waals surface area contributed by atoms with Gasteiger partial charge in [0, 0.05) is 23.0 Å². The number of nitrogens with zero attached hydrogens (tertiary/aromatic N) is 2. The molecule has 1 aromatic heterocycles. The lowest BCUT2D eigenvalue weighted by molar-refractivity contribution is 0.541. The van der Waals surface area contributed by atoms with Crippen LogP contribution in [0.1, 0.15) is 46.0 Å². The summed E-state index contributed by atoms with van der Waals surface area (Å²) in [4.78, 5) is 4.82. The monoisotopic (exact) mass is 337 g/mol. The molecule has 0 unspecified atom stereocenters. The maximum atomic E-state index is 4.82. The summed E-state index contributed by atoms with van der Waals surface area (Å²) in [6.45, 7) is 9.85. The molecule has 1 N–H and O–H groups in total. The highest BCUT2D eigenvalue weighted by Gasteiger charge is 2.13. The van der Waals surface area contributed by atoms with Gasteiger partial charge >= 0.3 is 0 Å². The summed E-state index contributed by atoms with van der Waals surface area (Å²) in [7, 11) is 0. The van der Waals surface area contributed by atoms with Crippen LogP contribution < -0.4 is 5.32 Å². The van der Waals surface area contributed by atoms with Gasteiger partial charge < -0.3 is 9.88 Å². The van der Waals surface area contributed by atoms with Crippen LogP contribution >= 0.6 is 15.9 Å². The van der Waals surface area contributed by atoms with Gasteiger partial charge in [0.25, 0.3) is 0 Å². The van der Waals surface area contributed by atoms with Crippen molar-refractivity contribution >= 4 is 27.0 Å². The Morgan fingerprint density at radius 1 is 1.25 bits per heavy atom. The predicted molar refractivity (Wildman–Crippen MR) is 89.3 cm³/mol. The van der Waals surface area contributed by atoms with Crippen LogP contribution in [0.3, 0.4) is 0 Å². The summed E-state index contributed by atoms with van der Waals surface area (Å²) in [6.07, 6.45) is 2.14. The molecule has 1 heterocycles. The van der Waals surface area contributed by atoms with Crippen LogP contribution in [0.2, 0.25) is 0 Å². The van der Waals surface area contributed by atoms with Gasteiger partial charge in [-0.05, 0) is 45.0 Å². The van der Waals surface area contributed by atoms with Crippen LogP contribution in [0.15, 0.2) is 22.7 Å². The molecule has 110 valence electrons. The number of rotatable bonds is 6. The quantitative estimate of drug-likeness (QED) is 0.796. The minimum Gasteiger partial charge on any atom is -0.325 e. The molecule has 3 nitrogen and oxygen atoms in total. The van der Waals surface area contributed by atoms with E-state index < -0.39 is 0 Å². The van der Waals surface area contributed by atoms with Crippen molar-refractivity contribution in [1.82, 2.24) is 14.9 Å². The fourth-order valence-corrected chi connectivity index (χ4v) is 2.86. The van der Waals surface area contributed by atoms with Gasteiger partial charge in [0.1, 0.15) is 5.82 Å². The number of aromatic nitrogens is 2. The predicted octanol–water partition coefficient (Wildman–Crippen LogP) is 4.31. The first-order valence-electron chi connectivity index (χ1n) is 7.38. The number of hydrogen-bond acceptors (Lipinski definition) is 2. The lowest BCUT2D eigenvalue weighted by atomic mass is 10.2. The van der Waals surface area contributed by atoms with Crippen LogP contribution in [-0.2, 0) is 6.42 Å². The van der Waals surface area contributed by atoms with Gasteiger partial charge in [-0.3, -0.25) is 0 Å². The largest absolute Gasteiger partial charge is 0.325 e. The molecule has 2 aromatic rings. The second-order valence-electron chi connectivity index (χ2n) is 5.84. The van der Waals surface area contributed by atoms with E-state index in [1.54, 1.807) is 0 Å². The molecule has 0 fully saturated rings. The molecule has 0 saturated carbocycles. The number of aryl methyl sites for hydroxylation is 1. The number of fused-ring (bicyclic) bond motifs is 1. The lowest BCUT2D eigenvalue weighted by Crippen LogP contribution is -2.24. The number of imidazole rings is 1. The fourth-order valence-electron chi connectivity index (χ4n) is 2.51. The van der Waals surface area contributed by atoms with Crippen molar-refractivity contribution in [3.8, 4) is 0 Å². The average Bonchev–Trinajstić information content (AvgIpc) is 2.71. The Hall–Kier alpha value is -0.870. The Bertz CT molecular complexity index is 572. The van der Waals surface area contributed by atoms with Gasteiger partial charge in [0.05, 0.1) is 11.0 Å². The van der Waals surface area contributed by atoms with E-state index in [0.717, 1.165) is 29.4 Å². The zero-order valence-electron chi connectivity index (χ0n) is 12.8. The number of nitrogens with one attached hydrogen (secondary N) is 1. The van der Waals surface area contributed by atoms with E-state index in [9.17, 15) is 0 Å². The van der Waals surface area contributed by atoms with Crippen molar-refractivity contribution in [3.05, 3.63) is 28.5 Å². The SMILES string of the molecule is CC(C)NCCCc1nc2cc(Br)ccc2n1C(C)C. The molecule has 0 bridgehead atoms. The highest BCUT2D eigenvalue weighted by molar-refractivity contribution is 9.10. The smallest absolute Gasteiger partial charge is 0.110 e. The van der Waals surface area contributed by atoms with E-state index >= 15 is 0 Å². The van der Waals surface area contributed by atoms with E-state index in [1.807, 2.05) is 0 Å². The van der Waals surface area contributed by atoms with Crippen molar-refractivity contribution < 1.29 is 0 Å². The van der Waals surface area contributed by atoms with Gasteiger partial charge in [0.2, 0.25) is 0 Å². The molecule has 0 aliphatic carbocycles. The molecule has 0 aliphatic rings. The molecular formula is C16H24BrN3. The normalized spacial score (nSPS) is 11.9. The standard InChI is InChI=1S/C16H24BrN3/c1-11(2)18-9-5-6-16-19-14-10-13(17)7-8-15(14)20(16)12(3)4/h7-8,10-12,18H,5-6,9H2,1-4H3. The molecule has 0 spiro atoms. The van der Waals surface area contributed by atoms with Crippen molar-refractivity contribution in [2.24, 2.45) is 0 Å². The molecule has 0 atom stereocenters. The van der Waals surface area contributed by atoms with Crippen molar-refractivity contribution in [1.29, 1.82) is 0 Å². The average molecular weight is 338 g/mol. The maximum Gasteiger partial charge on any atom is 0.110 e. The zero-order valence-corrected chi connectivity index (χ0v) is 14.4. The van der Waals surface area contributed by atoms with E-state index in [4.69, 9.17) is 4.98 Å². The number of benzene rings is 1. The Kier molecular flexibility index (Phi) is 5.22. The highest BCUT2D eigenvalue weighted by Crippen LogP contribution is 2.24. The van der Waals surface area contributed by atoms with Gasteiger partial charge in [0.15, 0.2) is 0 Å². The zero-order chi connectivity index (χ0) is 14.7. The first kappa shape index (κ1) is 15.5. The third-order valence-electron chi connectivity index (χ3n) is 3.37. The molecule has 1 aromatic carbocycles. The van der Waals surface area contributed by atoms with E-state index in [1.165, 1.54) is 11.3 Å². The van der Waals surface area contributed by atoms with Crippen LogP contribution in [0.25, 0.3) is 11.0 Å². The Balaban J connectivity index is 2.21. The molecule has 0 saturated heterocycles. The number of halogens is 1. The van der Waals surface area contributed by atoms with E-state index in [2.05, 4.69) is 71.7 Å². The molecule has 4 heteroatoms. The second-order valence-corrected chi connectivity index (χ2v) is 6.75. The van der Waals surface area contributed by atoms with E-state index in [-0.39, 0.29) is 0 Å². The highest BCUT2D eigenvalue weighted by atomic mass is 79.9. The lowest BCUT2D eigenvalue weighted by Gasteiger charge is -2.13. The fraction of sp³-hybridized carbons (Fsp3) is 0.562. The summed E-state index contributed by atoms with van der Waals surface area (Å²) >= 11 is 3.52. The van der Waals surface area contributed by atoms with Gasteiger partial charge in [-0.2, -0.15) is 0 Å². The molecule has 0 aliphatic heterocycles. The Labute approximate surface area is 129 Å². The minimum atomic E-state index is 0.439. The summed E-state index contributed by atoms with van der Waals surface area (Å²) in [6, 6.07) is 7.34. The van der Waals surface area contributed by atoms with Gasteiger partial charge in [-0.15, -0.1) is 0 Å². The van der Waals surface area contributed by atoms with Crippen LogP contribution in [0.5, 0.6) is 0 Å². The Morgan fingerprint density at radius 2 is 2.00 bits per heavy atom. The van der Waals surface area contributed by atoms with E-state index in [0.29, 0.717) is 12.1 Å². The third-order valence-corrected chi connectivity index (χ3v) is 3.86. The summed E-state index contributed by atoms with van der Waals surface area (Å²) < 4.78 is 3.45. The summed E-state index contributed by atoms with van der Waals surface area (Å²) in [5.41, 5.74) is 2.31. The summed E-state index contributed by atoms with van der Waals surface area (Å²) in [5.74, 6) is 1.19. The summed E-state index contributed by atoms with van der Waals surface area (Å²) in [5, 5.41) is 3.46. The van der Waals surface area contributed by atoms with Gasteiger partial charge in [-0.25, -0.2) is 4.98 Å². The first-order valence-corrected chi connectivity index (χ1v) is 8.18. The van der Waals surface area contributed by atoms with Crippen LogP contribution in [0, 0.1) is 0 Å². The second kappa shape index (κ2) is 6.72. The molecular weight excluding hydrogens is 314 g/mol. The van der Waals surface area contributed by atoms with Crippen LogP contribution in [0.4, 0.5) is 0 Å². The molecule has 0 amide bonds. The van der Waals surface area contributed by atoms with Gasteiger partial charge in [-0.1, -0.05) is 29.8 Å². The van der Waals surface area contributed by atoms with Crippen LogP contribution in [-0.4, -0.2) is 22.1 Å². The Morgan fingerprint density at radius 3 is 2.65 bits per heavy atom. The van der Waals surface area contributed by atoms with Crippen molar-refractivity contribution in [2.45, 2.75) is 52.6 Å². The van der Waals surface area contributed by atoms with Crippen molar-refractivity contribution in [2.75, 3.05) is 6.54 Å². The topological polar surface area (TPSA) is 29.9 Å². The minimum absolute atomic E-state index is 0.439. The molecule has 0 radical (unpaired) electrons. The first-order chi connectivity index (χ1) is 9.49. The molecule has 20 heavy (non-hydrogen) atoms. The molecule has 2 rings (SSSR count). The maximum absolute atomic E-state index is 4.82. The number of hydrogen-bond donors (Lipinski definition) is 1.